The number of benzene rings is 2. The van der Waals surface area contributed by atoms with Gasteiger partial charge in [0, 0.05) is 31.7 Å². The average molecular weight is 424 g/mol. The molecule has 1 amide bonds. The zero-order valence-corrected chi connectivity index (χ0v) is 17.3. The molecule has 152 valence electrons. The largest absolute Gasteiger partial charge is 0.399 e. The first kappa shape index (κ1) is 22.2. The van der Waals surface area contributed by atoms with E-state index < -0.39 is 10.0 Å². The van der Waals surface area contributed by atoms with Crippen LogP contribution in [0.25, 0.3) is 0 Å². The summed E-state index contributed by atoms with van der Waals surface area (Å²) in [6.45, 7) is 1.55. The van der Waals surface area contributed by atoms with Crippen LogP contribution in [-0.2, 0) is 27.8 Å². The lowest BCUT2D eigenvalue weighted by Crippen LogP contribution is -2.28. The molecule has 0 spiro atoms. The smallest absolute Gasteiger partial charge is 0.243 e. The first-order valence-corrected chi connectivity index (χ1v) is 10.6. The maximum atomic E-state index is 12.5. The van der Waals surface area contributed by atoms with Crippen LogP contribution >= 0.6 is 12.4 Å². The molecule has 3 N–H and O–H groups in total. The number of anilines is 1. The van der Waals surface area contributed by atoms with Crippen LogP contribution < -0.4 is 11.1 Å². The summed E-state index contributed by atoms with van der Waals surface area (Å²) in [6.07, 6.45) is 2.77. The molecule has 1 saturated heterocycles. The first-order chi connectivity index (χ1) is 13.0. The van der Waals surface area contributed by atoms with Crippen LogP contribution in [0.1, 0.15) is 30.4 Å². The Morgan fingerprint density at radius 3 is 2.32 bits per heavy atom. The topological polar surface area (TPSA) is 92.5 Å². The van der Waals surface area contributed by atoms with Crippen molar-refractivity contribution in [2.24, 2.45) is 0 Å². The van der Waals surface area contributed by atoms with E-state index in [1.807, 2.05) is 24.3 Å². The highest BCUT2D eigenvalue weighted by molar-refractivity contribution is 7.89. The minimum absolute atomic E-state index is 0. The van der Waals surface area contributed by atoms with Gasteiger partial charge < -0.3 is 11.1 Å². The van der Waals surface area contributed by atoms with Gasteiger partial charge in [0.1, 0.15) is 0 Å². The lowest BCUT2D eigenvalue weighted by Gasteiger charge is -2.15. The van der Waals surface area contributed by atoms with E-state index in [1.165, 1.54) is 4.31 Å². The highest BCUT2D eigenvalue weighted by Gasteiger charge is 2.26. The van der Waals surface area contributed by atoms with Crippen molar-refractivity contribution in [3.63, 3.8) is 0 Å². The standard InChI is InChI=1S/C20H25N3O3S.ClH/c21-19-6-2-1-5-17(19)9-12-20(24)22-15-16-7-10-18(11-8-16)27(25,26)23-13-3-4-14-23;/h1-2,5-8,10-11H,3-4,9,12-15,21H2,(H,22,24);1H. The van der Waals surface area contributed by atoms with Gasteiger partial charge in [-0.1, -0.05) is 30.3 Å². The molecule has 0 atom stereocenters. The molecule has 0 aliphatic carbocycles. The minimum Gasteiger partial charge on any atom is -0.399 e. The van der Waals surface area contributed by atoms with Crippen molar-refractivity contribution in [3.8, 4) is 0 Å². The van der Waals surface area contributed by atoms with E-state index in [4.69, 9.17) is 5.73 Å². The number of amides is 1. The lowest BCUT2D eigenvalue weighted by molar-refractivity contribution is -0.121. The third-order valence-corrected chi connectivity index (χ3v) is 6.71. The van der Waals surface area contributed by atoms with Crippen LogP contribution in [0.5, 0.6) is 0 Å². The average Bonchev–Trinajstić information content (AvgIpc) is 3.22. The Bertz CT molecular complexity index is 895. The number of rotatable bonds is 7. The molecule has 0 saturated carbocycles. The zero-order chi connectivity index (χ0) is 19.3. The lowest BCUT2D eigenvalue weighted by atomic mass is 10.1. The van der Waals surface area contributed by atoms with E-state index in [1.54, 1.807) is 24.3 Å². The van der Waals surface area contributed by atoms with Crippen molar-refractivity contribution >= 4 is 34.0 Å². The number of carbonyl (C=O) groups excluding carboxylic acids is 1. The highest BCUT2D eigenvalue weighted by atomic mass is 35.5. The maximum Gasteiger partial charge on any atom is 0.243 e. The Morgan fingerprint density at radius 2 is 1.68 bits per heavy atom. The van der Waals surface area contributed by atoms with E-state index in [0.717, 1.165) is 24.0 Å². The van der Waals surface area contributed by atoms with Crippen LogP contribution in [0.15, 0.2) is 53.4 Å². The molecule has 2 aromatic carbocycles. The SMILES string of the molecule is Cl.Nc1ccccc1CCC(=O)NCc1ccc(S(=O)(=O)N2CCCC2)cc1. The van der Waals surface area contributed by atoms with Crippen LogP contribution in [0.3, 0.4) is 0 Å². The van der Waals surface area contributed by atoms with Gasteiger partial charge in [0.05, 0.1) is 4.90 Å². The number of aryl methyl sites for hydroxylation is 1. The van der Waals surface area contributed by atoms with Gasteiger partial charge in [-0.25, -0.2) is 8.42 Å². The number of nitrogens with two attached hydrogens (primary N) is 1. The molecule has 6 nitrogen and oxygen atoms in total. The number of halogens is 1. The Kier molecular flexibility index (Phi) is 7.86. The first-order valence-electron chi connectivity index (χ1n) is 9.16. The number of para-hydroxylation sites is 1. The Morgan fingerprint density at radius 1 is 1.04 bits per heavy atom. The Labute approximate surface area is 172 Å². The monoisotopic (exact) mass is 423 g/mol. The van der Waals surface area contributed by atoms with Gasteiger partial charge in [0.25, 0.3) is 0 Å². The molecule has 0 aromatic heterocycles. The summed E-state index contributed by atoms with van der Waals surface area (Å²) in [6, 6.07) is 14.2. The summed E-state index contributed by atoms with van der Waals surface area (Å²) < 4.78 is 26.5. The molecule has 1 fully saturated rings. The van der Waals surface area contributed by atoms with Gasteiger partial charge in [0.15, 0.2) is 0 Å². The summed E-state index contributed by atoms with van der Waals surface area (Å²) in [5.41, 5.74) is 8.40. The van der Waals surface area contributed by atoms with Crippen molar-refractivity contribution in [1.29, 1.82) is 0 Å². The van der Waals surface area contributed by atoms with Gasteiger partial charge in [-0.05, 0) is 48.6 Å². The van der Waals surface area contributed by atoms with Crippen LogP contribution in [-0.4, -0.2) is 31.7 Å². The predicted molar refractivity (Wildman–Crippen MR) is 113 cm³/mol. The van der Waals surface area contributed by atoms with Crippen molar-refractivity contribution in [3.05, 3.63) is 59.7 Å². The van der Waals surface area contributed by atoms with Crippen molar-refractivity contribution in [1.82, 2.24) is 9.62 Å². The van der Waals surface area contributed by atoms with Gasteiger partial charge in [-0.2, -0.15) is 4.31 Å². The molecule has 0 bridgehead atoms. The summed E-state index contributed by atoms with van der Waals surface area (Å²) in [4.78, 5) is 12.4. The summed E-state index contributed by atoms with van der Waals surface area (Å²) in [5, 5.41) is 2.86. The van der Waals surface area contributed by atoms with Crippen LogP contribution in [0.4, 0.5) is 5.69 Å². The summed E-state index contributed by atoms with van der Waals surface area (Å²) >= 11 is 0. The van der Waals surface area contributed by atoms with Gasteiger partial charge in [0.2, 0.25) is 15.9 Å². The molecule has 0 unspecified atom stereocenters. The molecule has 28 heavy (non-hydrogen) atoms. The van der Waals surface area contributed by atoms with Crippen molar-refractivity contribution in [2.75, 3.05) is 18.8 Å². The van der Waals surface area contributed by atoms with E-state index >= 15 is 0 Å². The van der Waals surface area contributed by atoms with Crippen LogP contribution in [0, 0.1) is 0 Å². The number of nitrogens with zero attached hydrogens (tertiary/aromatic N) is 1. The van der Waals surface area contributed by atoms with E-state index in [0.29, 0.717) is 43.1 Å². The molecular formula is C20H26ClN3O3S. The van der Waals surface area contributed by atoms with Gasteiger partial charge in [-0.15, -0.1) is 12.4 Å². The predicted octanol–water partition coefficient (Wildman–Crippen LogP) is 2.72. The maximum absolute atomic E-state index is 12.5. The molecule has 1 aliphatic heterocycles. The molecule has 1 aliphatic rings. The minimum atomic E-state index is -3.40. The Hall–Kier alpha value is -2.09. The summed E-state index contributed by atoms with van der Waals surface area (Å²) in [7, 11) is -3.40. The van der Waals surface area contributed by atoms with E-state index in [2.05, 4.69) is 5.32 Å². The number of carbonyl (C=O) groups is 1. The third-order valence-electron chi connectivity index (χ3n) is 4.79. The fourth-order valence-corrected chi connectivity index (χ4v) is 4.67. The van der Waals surface area contributed by atoms with E-state index in [-0.39, 0.29) is 18.3 Å². The fourth-order valence-electron chi connectivity index (χ4n) is 3.16. The number of sulfonamides is 1. The normalized spacial score (nSPS) is 14.4. The summed E-state index contributed by atoms with van der Waals surface area (Å²) in [5.74, 6) is -0.0629. The molecular weight excluding hydrogens is 398 g/mol. The number of nitrogens with one attached hydrogen (secondary N) is 1. The molecule has 1 heterocycles. The quantitative estimate of drug-likeness (QED) is 0.669. The van der Waals surface area contributed by atoms with Crippen molar-refractivity contribution < 1.29 is 13.2 Å². The molecule has 3 rings (SSSR count). The van der Waals surface area contributed by atoms with Crippen LogP contribution in [0.2, 0.25) is 0 Å². The molecule has 8 heteroatoms. The number of hydrogen-bond acceptors (Lipinski definition) is 4. The second-order valence-corrected chi connectivity index (χ2v) is 8.67. The second-order valence-electron chi connectivity index (χ2n) is 6.73. The zero-order valence-electron chi connectivity index (χ0n) is 15.6. The molecule has 0 radical (unpaired) electrons. The van der Waals surface area contributed by atoms with Crippen molar-refractivity contribution in [2.45, 2.75) is 37.1 Å². The Balaban J connectivity index is 0.00000280. The second kappa shape index (κ2) is 9.91. The number of nitrogen functional groups attached to an aromatic ring is 1. The number of hydrogen-bond donors (Lipinski definition) is 2. The highest BCUT2D eigenvalue weighted by Crippen LogP contribution is 2.21. The third kappa shape index (κ3) is 5.47. The van der Waals surface area contributed by atoms with Gasteiger partial charge in [-0.3, -0.25) is 4.79 Å². The van der Waals surface area contributed by atoms with Gasteiger partial charge >= 0.3 is 0 Å². The molecule has 2 aromatic rings. The van der Waals surface area contributed by atoms with E-state index in [9.17, 15) is 13.2 Å². The fraction of sp³-hybridized carbons (Fsp3) is 0.350.